The quantitative estimate of drug-likeness (QED) is 0.470. The second kappa shape index (κ2) is 10.4. The number of aromatic nitrogens is 2. The monoisotopic (exact) mass is 466 g/mol. The number of carbonyl (C=O) groups excluding carboxylic acids is 1. The van der Waals surface area contributed by atoms with Crippen LogP contribution in [0.3, 0.4) is 0 Å². The van der Waals surface area contributed by atoms with Crippen molar-refractivity contribution in [3.8, 4) is 11.4 Å². The number of fused-ring (bicyclic) bond motifs is 1. The summed E-state index contributed by atoms with van der Waals surface area (Å²) in [6, 6.07) is 15.1. The highest BCUT2D eigenvalue weighted by Crippen LogP contribution is 2.28. The minimum atomic E-state index is -0.00701. The number of rotatable bonds is 8. The first-order valence-electron chi connectivity index (χ1n) is 11.5. The molecule has 0 bridgehead atoms. The van der Waals surface area contributed by atoms with E-state index in [1.807, 2.05) is 65.0 Å². The van der Waals surface area contributed by atoms with Crippen LogP contribution in [0.5, 0.6) is 5.75 Å². The molecule has 1 aliphatic rings. The van der Waals surface area contributed by atoms with E-state index < -0.39 is 0 Å². The standard InChI is InChI=1S/C26H31ClN4O2/c1-4-14-29-15-13-25-23(17-29)24(28-31(25)21-8-6-7-20(27)16-21)18-30(5-2)26(32)19-9-11-22(33-3)12-10-19/h6-12,16H,4-5,13-15,17-18H2,1-3H3. The summed E-state index contributed by atoms with van der Waals surface area (Å²) in [7, 11) is 1.62. The zero-order valence-corrected chi connectivity index (χ0v) is 20.3. The molecule has 33 heavy (non-hydrogen) atoms. The van der Waals surface area contributed by atoms with Gasteiger partial charge in [0.15, 0.2) is 0 Å². The molecule has 0 N–H and O–H groups in total. The zero-order valence-electron chi connectivity index (χ0n) is 19.6. The average Bonchev–Trinajstić information content (AvgIpc) is 3.20. The molecule has 2 heterocycles. The van der Waals surface area contributed by atoms with Crippen molar-refractivity contribution in [1.82, 2.24) is 19.6 Å². The van der Waals surface area contributed by atoms with Gasteiger partial charge in [-0.05, 0) is 62.4 Å². The molecule has 7 heteroatoms. The molecule has 174 valence electrons. The Morgan fingerprint density at radius 2 is 1.97 bits per heavy atom. The van der Waals surface area contributed by atoms with Crippen LogP contribution in [0, 0.1) is 0 Å². The van der Waals surface area contributed by atoms with E-state index in [1.165, 1.54) is 11.3 Å². The number of carbonyl (C=O) groups is 1. The van der Waals surface area contributed by atoms with Crippen LogP contribution in [0.15, 0.2) is 48.5 Å². The molecule has 0 atom stereocenters. The lowest BCUT2D eigenvalue weighted by molar-refractivity contribution is 0.0749. The van der Waals surface area contributed by atoms with Crippen molar-refractivity contribution in [3.05, 3.63) is 76.1 Å². The smallest absolute Gasteiger partial charge is 0.254 e. The van der Waals surface area contributed by atoms with Gasteiger partial charge in [-0.15, -0.1) is 0 Å². The van der Waals surface area contributed by atoms with Crippen molar-refractivity contribution in [2.45, 2.75) is 39.8 Å². The maximum atomic E-state index is 13.3. The van der Waals surface area contributed by atoms with Gasteiger partial charge in [0.25, 0.3) is 5.91 Å². The largest absolute Gasteiger partial charge is 0.497 e. The Balaban J connectivity index is 1.67. The Hall–Kier alpha value is -2.83. The van der Waals surface area contributed by atoms with E-state index in [1.54, 1.807) is 7.11 Å². The number of nitrogens with zero attached hydrogens (tertiary/aromatic N) is 4. The van der Waals surface area contributed by atoms with E-state index in [0.29, 0.717) is 23.7 Å². The topological polar surface area (TPSA) is 50.6 Å². The van der Waals surface area contributed by atoms with Gasteiger partial charge in [0.2, 0.25) is 0 Å². The first kappa shape index (κ1) is 23.3. The third kappa shape index (κ3) is 5.07. The number of amides is 1. The van der Waals surface area contributed by atoms with Crippen molar-refractivity contribution in [1.29, 1.82) is 0 Å². The molecule has 1 aliphatic heterocycles. The van der Waals surface area contributed by atoms with Crippen LogP contribution < -0.4 is 4.74 Å². The number of hydrogen-bond donors (Lipinski definition) is 0. The van der Waals surface area contributed by atoms with E-state index in [0.717, 1.165) is 49.6 Å². The van der Waals surface area contributed by atoms with Gasteiger partial charge >= 0.3 is 0 Å². The van der Waals surface area contributed by atoms with E-state index in [-0.39, 0.29) is 5.91 Å². The van der Waals surface area contributed by atoms with Crippen molar-refractivity contribution < 1.29 is 9.53 Å². The second-order valence-electron chi connectivity index (χ2n) is 8.34. The van der Waals surface area contributed by atoms with Gasteiger partial charge in [-0.3, -0.25) is 9.69 Å². The molecule has 0 spiro atoms. The first-order chi connectivity index (χ1) is 16.0. The van der Waals surface area contributed by atoms with Crippen LogP contribution in [0.25, 0.3) is 5.69 Å². The first-order valence-corrected chi connectivity index (χ1v) is 11.9. The molecule has 0 radical (unpaired) electrons. The number of benzene rings is 2. The van der Waals surface area contributed by atoms with Crippen LogP contribution in [0.4, 0.5) is 0 Å². The number of methoxy groups -OCH3 is 1. The lowest BCUT2D eigenvalue weighted by atomic mass is 10.0. The predicted molar refractivity (Wildman–Crippen MR) is 131 cm³/mol. The summed E-state index contributed by atoms with van der Waals surface area (Å²) in [5.74, 6) is 0.729. The van der Waals surface area contributed by atoms with Gasteiger partial charge in [-0.1, -0.05) is 24.6 Å². The molecule has 1 aromatic heterocycles. The fraction of sp³-hybridized carbons (Fsp3) is 0.385. The fourth-order valence-electron chi connectivity index (χ4n) is 4.42. The molecule has 0 unspecified atom stereocenters. The molecule has 6 nitrogen and oxygen atoms in total. The van der Waals surface area contributed by atoms with Crippen molar-refractivity contribution in [2.24, 2.45) is 0 Å². The highest BCUT2D eigenvalue weighted by atomic mass is 35.5. The summed E-state index contributed by atoms with van der Waals surface area (Å²) in [5.41, 5.74) is 5.00. The minimum absolute atomic E-state index is 0.00701. The third-order valence-corrected chi connectivity index (χ3v) is 6.39. The molecule has 1 amide bonds. The lowest BCUT2D eigenvalue weighted by Crippen LogP contribution is -2.33. The SMILES string of the molecule is CCCN1CCc2c(c(CN(CC)C(=O)c3ccc(OC)cc3)nn2-c2cccc(Cl)c2)C1. The van der Waals surface area contributed by atoms with Gasteiger partial charge in [0, 0.05) is 42.2 Å². The molecular weight excluding hydrogens is 436 g/mol. The molecular formula is C26H31ClN4O2. The summed E-state index contributed by atoms with van der Waals surface area (Å²) in [4.78, 5) is 17.6. The molecule has 0 saturated carbocycles. The van der Waals surface area contributed by atoms with E-state index in [2.05, 4.69) is 11.8 Å². The summed E-state index contributed by atoms with van der Waals surface area (Å²) in [5, 5.41) is 5.69. The maximum Gasteiger partial charge on any atom is 0.254 e. The van der Waals surface area contributed by atoms with Gasteiger partial charge in [-0.2, -0.15) is 5.10 Å². The van der Waals surface area contributed by atoms with E-state index >= 15 is 0 Å². The van der Waals surface area contributed by atoms with Crippen molar-refractivity contribution in [3.63, 3.8) is 0 Å². The molecule has 3 aromatic rings. The fourth-order valence-corrected chi connectivity index (χ4v) is 4.61. The van der Waals surface area contributed by atoms with Crippen LogP contribution in [-0.2, 0) is 19.5 Å². The molecule has 0 aliphatic carbocycles. The van der Waals surface area contributed by atoms with Crippen LogP contribution in [0.2, 0.25) is 5.02 Å². The van der Waals surface area contributed by atoms with Gasteiger partial charge in [0.1, 0.15) is 5.75 Å². The maximum absolute atomic E-state index is 13.3. The average molecular weight is 467 g/mol. The second-order valence-corrected chi connectivity index (χ2v) is 8.77. The molecule has 0 fully saturated rings. The normalized spacial score (nSPS) is 13.6. The van der Waals surface area contributed by atoms with Gasteiger partial charge in [-0.25, -0.2) is 4.68 Å². The molecule has 2 aromatic carbocycles. The van der Waals surface area contributed by atoms with Crippen molar-refractivity contribution >= 4 is 17.5 Å². The Labute approximate surface area is 200 Å². The Kier molecular flexibility index (Phi) is 7.36. The summed E-state index contributed by atoms with van der Waals surface area (Å²) >= 11 is 6.28. The van der Waals surface area contributed by atoms with Crippen LogP contribution in [0.1, 0.15) is 47.6 Å². The Morgan fingerprint density at radius 1 is 1.18 bits per heavy atom. The number of halogens is 1. The number of ether oxygens (including phenoxy) is 1. The van der Waals surface area contributed by atoms with E-state index in [9.17, 15) is 4.79 Å². The predicted octanol–water partition coefficient (Wildman–Crippen LogP) is 4.96. The van der Waals surface area contributed by atoms with Crippen LogP contribution in [-0.4, -0.2) is 52.2 Å². The van der Waals surface area contributed by atoms with E-state index in [4.69, 9.17) is 21.4 Å². The highest BCUT2D eigenvalue weighted by Gasteiger charge is 2.27. The molecule has 4 rings (SSSR count). The Morgan fingerprint density at radius 3 is 2.64 bits per heavy atom. The minimum Gasteiger partial charge on any atom is -0.497 e. The summed E-state index contributed by atoms with van der Waals surface area (Å²) < 4.78 is 7.24. The van der Waals surface area contributed by atoms with Crippen LogP contribution >= 0.6 is 11.6 Å². The van der Waals surface area contributed by atoms with Gasteiger partial charge in [0.05, 0.1) is 30.7 Å². The highest BCUT2D eigenvalue weighted by molar-refractivity contribution is 6.30. The third-order valence-electron chi connectivity index (χ3n) is 6.16. The van der Waals surface area contributed by atoms with Gasteiger partial charge < -0.3 is 9.64 Å². The summed E-state index contributed by atoms with van der Waals surface area (Å²) in [6.45, 7) is 8.20. The zero-order chi connectivity index (χ0) is 23.4. The molecule has 0 saturated heterocycles. The Bertz CT molecular complexity index is 1110. The number of hydrogen-bond acceptors (Lipinski definition) is 4. The van der Waals surface area contributed by atoms with Crippen molar-refractivity contribution in [2.75, 3.05) is 26.7 Å². The lowest BCUT2D eigenvalue weighted by Gasteiger charge is -2.28. The summed E-state index contributed by atoms with van der Waals surface area (Å²) in [6.07, 6.45) is 2.04.